The Kier molecular flexibility index (Phi) is 4.63. The SMILES string of the molecule is CCOC(=O)[C@H](C#N)NC(=O)c1cccnc1. The summed E-state index contributed by atoms with van der Waals surface area (Å²) in [4.78, 5) is 26.6. The Morgan fingerprint density at radius 2 is 2.41 bits per heavy atom. The predicted octanol–water partition coefficient (Wildman–Crippen LogP) is 0.267. The average Bonchev–Trinajstić information content (AvgIpc) is 2.37. The number of nitrogens with one attached hydrogen (secondary N) is 1. The number of hydrogen-bond acceptors (Lipinski definition) is 5. The molecule has 1 atom stereocenters. The zero-order chi connectivity index (χ0) is 12.7. The van der Waals surface area contributed by atoms with Gasteiger partial charge in [0, 0.05) is 12.4 Å². The lowest BCUT2D eigenvalue weighted by molar-refractivity contribution is -0.143. The zero-order valence-corrected chi connectivity index (χ0v) is 9.21. The molecule has 0 aliphatic rings. The van der Waals surface area contributed by atoms with Crippen molar-refractivity contribution in [2.45, 2.75) is 13.0 Å². The normalized spacial score (nSPS) is 11.1. The van der Waals surface area contributed by atoms with Crippen LogP contribution < -0.4 is 5.32 Å². The van der Waals surface area contributed by atoms with Crippen LogP contribution in [0.4, 0.5) is 0 Å². The molecule has 1 rings (SSSR count). The molecule has 0 unspecified atom stereocenters. The molecule has 1 aromatic rings. The Balaban J connectivity index is 2.67. The lowest BCUT2D eigenvalue weighted by Crippen LogP contribution is -2.40. The van der Waals surface area contributed by atoms with E-state index in [2.05, 4.69) is 15.0 Å². The van der Waals surface area contributed by atoms with Crippen LogP contribution >= 0.6 is 0 Å². The van der Waals surface area contributed by atoms with E-state index in [4.69, 9.17) is 5.26 Å². The van der Waals surface area contributed by atoms with E-state index in [1.807, 2.05) is 0 Å². The third-order valence-electron chi connectivity index (χ3n) is 1.85. The molecule has 0 aliphatic heterocycles. The van der Waals surface area contributed by atoms with Gasteiger partial charge in [0.1, 0.15) is 0 Å². The molecule has 17 heavy (non-hydrogen) atoms. The first-order valence-electron chi connectivity index (χ1n) is 4.96. The molecule has 0 fully saturated rings. The number of pyridine rings is 1. The summed E-state index contributed by atoms with van der Waals surface area (Å²) in [5.74, 6) is -1.31. The van der Waals surface area contributed by atoms with E-state index in [1.165, 1.54) is 18.5 Å². The van der Waals surface area contributed by atoms with E-state index in [-0.39, 0.29) is 12.2 Å². The Labute approximate surface area is 98.2 Å². The second-order valence-corrected chi connectivity index (χ2v) is 3.03. The molecule has 0 bridgehead atoms. The minimum atomic E-state index is -1.30. The van der Waals surface area contributed by atoms with Crippen molar-refractivity contribution in [1.29, 1.82) is 5.26 Å². The number of nitrogens with zero attached hydrogens (tertiary/aromatic N) is 2. The first-order valence-corrected chi connectivity index (χ1v) is 4.96. The molecule has 1 N–H and O–H groups in total. The van der Waals surface area contributed by atoms with Crippen LogP contribution in [-0.2, 0) is 9.53 Å². The van der Waals surface area contributed by atoms with Gasteiger partial charge in [-0.15, -0.1) is 0 Å². The molecule has 0 radical (unpaired) electrons. The van der Waals surface area contributed by atoms with E-state index in [0.717, 1.165) is 0 Å². The van der Waals surface area contributed by atoms with Crippen molar-refractivity contribution in [3.05, 3.63) is 30.1 Å². The molecule has 1 amide bonds. The molecule has 0 saturated heterocycles. The van der Waals surface area contributed by atoms with E-state index in [1.54, 1.807) is 19.1 Å². The molecule has 0 spiro atoms. The fourth-order valence-electron chi connectivity index (χ4n) is 1.08. The van der Waals surface area contributed by atoms with E-state index >= 15 is 0 Å². The molecule has 0 aromatic carbocycles. The van der Waals surface area contributed by atoms with Crippen LogP contribution in [0.1, 0.15) is 17.3 Å². The summed E-state index contributed by atoms with van der Waals surface area (Å²) in [5.41, 5.74) is 0.275. The van der Waals surface area contributed by atoms with Crippen LogP contribution in [0.2, 0.25) is 0 Å². The third-order valence-corrected chi connectivity index (χ3v) is 1.85. The van der Waals surface area contributed by atoms with Crippen LogP contribution in [0, 0.1) is 11.3 Å². The van der Waals surface area contributed by atoms with Gasteiger partial charge in [-0.3, -0.25) is 9.78 Å². The predicted molar refractivity (Wildman–Crippen MR) is 57.7 cm³/mol. The highest BCUT2D eigenvalue weighted by Crippen LogP contribution is 1.97. The number of aromatic nitrogens is 1. The Hall–Kier alpha value is -2.42. The Morgan fingerprint density at radius 1 is 1.65 bits per heavy atom. The molecule has 1 aromatic heterocycles. The van der Waals surface area contributed by atoms with Crippen LogP contribution in [0.15, 0.2) is 24.5 Å². The van der Waals surface area contributed by atoms with Crippen molar-refractivity contribution < 1.29 is 14.3 Å². The van der Waals surface area contributed by atoms with Crippen molar-refractivity contribution in [1.82, 2.24) is 10.3 Å². The van der Waals surface area contributed by atoms with Crippen molar-refractivity contribution >= 4 is 11.9 Å². The smallest absolute Gasteiger partial charge is 0.343 e. The number of carbonyl (C=O) groups excluding carboxylic acids is 2. The largest absolute Gasteiger partial charge is 0.464 e. The molecule has 88 valence electrons. The van der Waals surface area contributed by atoms with Gasteiger partial charge in [-0.25, -0.2) is 4.79 Å². The van der Waals surface area contributed by atoms with Crippen molar-refractivity contribution in [3.63, 3.8) is 0 Å². The number of ether oxygens (including phenoxy) is 1. The topological polar surface area (TPSA) is 92.1 Å². The number of amides is 1. The summed E-state index contributed by atoms with van der Waals surface area (Å²) in [6, 6.07) is 3.47. The highest BCUT2D eigenvalue weighted by molar-refractivity contribution is 5.97. The molecular formula is C11H11N3O3. The fraction of sp³-hybridized carbons (Fsp3) is 0.273. The monoisotopic (exact) mass is 233 g/mol. The summed E-state index contributed by atoms with van der Waals surface area (Å²) in [7, 11) is 0. The first-order chi connectivity index (χ1) is 8.19. The van der Waals surface area contributed by atoms with Gasteiger partial charge in [0.05, 0.1) is 18.2 Å². The highest BCUT2D eigenvalue weighted by Gasteiger charge is 2.21. The summed E-state index contributed by atoms with van der Waals surface area (Å²) in [5, 5.41) is 11.0. The maximum absolute atomic E-state index is 11.6. The zero-order valence-electron chi connectivity index (χ0n) is 9.21. The average molecular weight is 233 g/mol. The maximum atomic E-state index is 11.6. The quantitative estimate of drug-likeness (QED) is 0.753. The number of hydrogen-bond donors (Lipinski definition) is 1. The second kappa shape index (κ2) is 6.23. The summed E-state index contributed by atoms with van der Waals surface area (Å²) < 4.78 is 4.64. The van der Waals surface area contributed by atoms with Crippen molar-refractivity contribution in [2.75, 3.05) is 6.61 Å². The van der Waals surface area contributed by atoms with E-state index in [9.17, 15) is 9.59 Å². The molecule has 6 nitrogen and oxygen atoms in total. The molecule has 6 heteroatoms. The van der Waals surface area contributed by atoms with Gasteiger partial charge < -0.3 is 10.1 Å². The third kappa shape index (κ3) is 3.57. The number of esters is 1. The number of nitriles is 1. The lowest BCUT2D eigenvalue weighted by Gasteiger charge is -2.10. The van der Waals surface area contributed by atoms with Gasteiger partial charge in [-0.2, -0.15) is 5.26 Å². The standard InChI is InChI=1S/C11H11N3O3/c1-2-17-11(16)9(6-12)14-10(15)8-4-3-5-13-7-8/h3-5,7,9H,2H2,1H3,(H,14,15)/t9-/m0/s1. The summed E-state index contributed by atoms with van der Waals surface area (Å²) >= 11 is 0. The van der Waals surface area contributed by atoms with Crippen LogP contribution in [0.5, 0.6) is 0 Å². The minimum absolute atomic E-state index is 0.153. The fourth-order valence-corrected chi connectivity index (χ4v) is 1.08. The molecular weight excluding hydrogens is 222 g/mol. The van der Waals surface area contributed by atoms with Crippen molar-refractivity contribution in [2.24, 2.45) is 0 Å². The highest BCUT2D eigenvalue weighted by atomic mass is 16.5. The first kappa shape index (κ1) is 12.6. The van der Waals surface area contributed by atoms with Gasteiger partial charge in [0.2, 0.25) is 6.04 Å². The Morgan fingerprint density at radius 3 is 2.94 bits per heavy atom. The van der Waals surface area contributed by atoms with Gasteiger partial charge in [-0.1, -0.05) is 0 Å². The van der Waals surface area contributed by atoms with Gasteiger partial charge in [0.25, 0.3) is 5.91 Å². The van der Waals surface area contributed by atoms with Crippen LogP contribution in [0.25, 0.3) is 0 Å². The number of rotatable bonds is 4. The molecule has 0 aliphatic carbocycles. The Bertz CT molecular complexity index is 439. The lowest BCUT2D eigenvalue weighted by atomic mass is 10.2. The molecule has 0 saturated carbocycles. The van der Waals surface area contributed by atoms with Crippen molar-refractivity contribution in [3.8, 4) is 6.07 Å². The van der Waals surface area contributed by atoms with E-state index in [0.29, 0.717) is 0 Å². The van der Waals surface area contributed by atoms with Gasteiger partial charge >= 0.3 is 5.97 Å². The maximum Gasteiger partial charge on any atom is 0.343 e. The van der Waals surface area contributed by atoms with Crippen LogP contribution in [0.3, 0.4) is 0 Å². The van der Waals surface area contributed by atoms with E-state index < -0.39 is 17.9 Å². The second-order valence-electron chi connectivity index (χ2n) is 3.03. The molecule has 1 heterocycles. The summed E-state index contributed by atoms with van der Waals surface area (Å²) in [6.07, 6.45) is 2.86. The number of carbonyl (C=O) groups is 2. The van der Waals surface area contributed by atoms with Gasteiger partial charge in [-0.05, 0) is 19.1 Å². The van der Waals surface area contributed by atoms with Crippen LogP contribution in [-0.4, -0.2) is 29.5 Å². The minimum Gasteiger partial charge on any atom is -0.464 e. The van der Waals surface area contributed by atoms with Gasteiger partial charge in [0.15, 0.2) is 0 Å². The summed E-state index contributed by atoms with van der Waals surface area (Å²) in [6.45, 7) is 1.77.